The van der Waals surface area contributed by atoms with Crippen molar-refractivity contribution in [2.24, 2.45) is 0 Å². The maximum absolute atomic E-state index is 12.2. The number of aryl methyl sites for hydroxylation is 1. The number of nitrogens with one attached hydrogen (secondary N) is 3. The lowest BCUT2D eigenvalue weighted by molar-refractivity contribution is -0.123. The molecule has 0 unspecified atom stereocenters. The topological polar surface area (TPSA) is 79.5 Å². The Labute approximate surface area is 198 Å². The molecule has 2 rings (SSSR count). The van der Waals surface area contributed by atoms with Crippen molar-refractivity contribution in [2.75, 3.05) is 6.61 Å². The van der Waals surface area contributed by atoms with Crippen LogP contribution in [0.4, 0.5) is 0 Å². The van der Waals surface area contributed by atoms with Crippen LogP contribution in [0.25, 0.3) is 0 Å². The summed E-state index contributed by atoms with van der Waals surface area (Å²) in [6.45, 7) is 8.06. The van der Waals surface area contributed by atoms with E-state index in [0.29, 0.717) is 11.3 Å². The Hall–Kier alpha value is -1.97. The number of rotatable bonds is 4. The van der Waals surface area contributed by atoms with E-state index in [4.69, 9.17) is 17.0 Å². The molecule has 9 heteroatoms. The van der Waals surface area contributed by atoms with Crippen molar-refractivity contribution in [3.63, 3.8) is 0 Å². The van der Waals surface area contributed by atoms with E-state index in [9.17, 15) is 9.59 Å². The zero-order valence-corrected chi connectivity index (χ0v) is 21.0. The van der Waals surface area contributed by atoms with Gasteiger partial charge in [0, 0.05) is 10.0 Å². The smallest absolute Gasteiger partial charge is 0.276 e. The van der Waals surface area contributed by atoms with E-state index in [1.165, 1.54) is 0 Å². The number of hydrazine groups is 1. The van der Waals surface area contributed by atoms with E-state index in [1.807, 2.05) is 31.2 Å². The number of benzene rings is 2. The molecule has 0 bridgehead atoms. The van der Waals surface area contributed by atoms with Gasteiger partial charge in [0.2, 0.25) is 0 Å². The summed E-state index contributed by atoms with van der Waals surface area (Å²) in [7, 11) is 0. The molecular weight excluding hydrogens is 534 g/mol. The summed E-state index contributed by atoms with van der Waals surface area (Å²) in [5, 5.41) is 2.47. The van der Waals surface area contributed by atoms with E-state index in [0.717, 1.165) is 20.1 Å². The van der Waals surface area contributed by atoms with E-state index < -0.39 is 5.91 Å². The lowest BCUT2D eigenvalue weighted by atomic mass is 9.87. The molecule has 3 N–H and O–H groups in total. The number of carbonyl (C=O) groups is 2. The van der Waals surface area contributed by atoms with Crippen LogP contribution in [0.15, 0.2) is 45.3 Å². The molecule has 6 nitrogen and oxygen atoms in total. The first kappa shape index (κ1) is 24.3. The van der Waals surface area contributed by atoms with Crippen molar-refractivity contribution < 1.29 is 14.3 Å². The molecule has 0 aliphatic rings. The van der Waals surface area contributed by atoms with Gasteiger partial charge >= 0.3 is 0 Å². The first-order valence-corrected chi connectivity index (χ1v) is 11.1. The third kappa shape index (κ3) is 7.07. The third-order valence-electron chi connectivity index (χ3n) is 4.13. The minimum atomic E-state index is -0.448. The highest BCUT2D eigenvalue weighted by Gasteiger charge is 2.16. The second kappa shape index (κ2) is 10.4. The summed E-state index contributed by atoms with van der Waals surface area (Å²) < 4.78 is 7.13. The van der Waals surface area contributed by atoms with E-state index in [1.54, 1.807) is 12.1 Å². The lowest BCUT2D eigenvalue weighted by Gasteiger charge is -2.20. The van der Waals surface area contributed by atoms with Gasteiger partial charge in [0.15, 0.2) is 11.7 Å². The summed E-state index contributed by atoms with van der Waals surface area (Å²) in [5.41, 5.74) is 7.49. The third-order valence-corrected chi connectivity index (χ3v) is 5.81. The van der Waals surface area contributed by atoms with Crippen LogP contribution < -0.4 is 20.9 Å². The van der Waals surface area contributed by atoms with Gasteiger partial charge in [-0.3, -0.25) is 25.8 Å². The molecule has 0 aliphatic heterocycles. The standard InChI is InChI=1S/C21H23Br2N3O3S/c1-12-5-6-13(9-15(12)22)19(28)24-20(30)26-25-18(27)11-29-17-8-7-14(10-16(17)23)21(2,3)4/h5-10H,11H2,1-4H3,(H,25,27)(H2,24,26,28,30). The van der Waals surface area contributed by atoms with Crippen molar-refractivity contribution in [2.45, 2.75) is 33.1 Å². The number of amides is 2. The van der Waals surface area contributed by atoms with Gasteiger partial charge in [-0.25, -0.2) is 0 Å². The van der Waals surface area contributed by atoms with E-state index in [-0.39, 0.29) is 23.0 Å². The molecule has 2 aromatic carbocycles. The predicted octanol–water partition coefficient (Wildman–Crippen LogP) is 4.53. The van der Waals surface area contributed by atoms with Gasteiger partial charge in [0.05, 0.1) is 4.47 Å². The summed E-state index contributed by atoms with van der Waals surface area (Å²) >= 11 is 11.9. The minimum Gasteiger partial charge on any atom is -0.483 e. The van der Waals surface area contributed by atoms with Gasteiger partial charge in [-0.2, -0.15) is 0 Å². The van der Waals surface area contributed by atoms with Crippen LogP contribution in [0.1, 0.15) is 42.3 Å². The highest BCUT2D eigenvalue weighted by Crippen LogP contribution is 2.31. The average Bonchev–Trinajstić information content (AvgIpc) is 2.66. The summed E-state index contributed by atoms with van der Waals surface area (Å²) in [4.78, 5) is 24.2. The Balaban J connectivity index is 1.81. The monoisotopic (exact) mass is 555 g/mol. The zero-order chi connectivity index (χ0) is 22.5. The molecule has 0 fully saturated rings. The molecule has 0 atom stereocenters. The summed E-state index contributed by atoms with van der Waals surface area (Å²) in [6, 6.07) is 11.0. The molecule has 0 saturated heterocycles. The van der Waals surface area contributed by atoms with Crippen LogP contribution >= 0.6 is 44.1 Å². The lowest BCUT2D eigenvalue weighted by Crippen LogP contribution is -2.49. The van der Waals surface area contributed by atoms with Crippen LogP contribution in [-0.4, -0.2) is 23.5 Å². The van der Waals surface area contributed by atoms with Crippen molar-refractivity contribution in [3.05, 3.63) is 62.0 Å². The van der Waals surface area contributed by atoms with E-state index in [2.05, 4.69) is 68.8 Å². The zero-order valence-electron chi connectivity index (χ0n) is 17.1. The highest BCUT2D eigenvalue weighted by atomic mass is 79.9. The molecule has 0 saturated carbocycles. The fourth-order valence-electron chi connectivity index (χ4n) is 2.33. The number of thiocarbonyl (C=S) groups is 1. The average molecular weight is 557 g/mol. The quantitative estimate of drug-likeness (QED) is 0.381. The summed E-state index contributed by atoms with van der Waals surface area (Å²) in [5.74, 6) is -0.281. The van der Waals surface area contributed by atoms with Crippen molar-refractivity contribution in [1.82, 2.24) is 16.2 Å². The predicted molar refractivity (Wildman–Crippen MR) is 129 cm³/mol. The van der Waals surface area contributed by atoms with Gasteiger partial charge in [0.1, 0.15) is 5.75 Å². The molecule has 0 heterocycles. The maximum atomic E-state index is 12.2. The molecule has 2 amide bonds. The van der Waals surface area contributed by atoms with Gasteiger partial charge in [-0.1, -0.05) is 48.8 Å². The second-order valence-electron chi connectivity index (χ2n) is 7.60. The number of hydrogen-bond acceptors (Lipinski definition) is 4. The minimum absolute atomic E-state index is 0.0110. The van der Waals surface area contributed by atoms with Crippen LogP contribution in [0.5, 0.6) is 5.75 Å². The second-order valence-corrected chi connectivity index (χ2v) is 9.72. The van der Waals surface area contributed by atoms with Gasteiger partial charge in [-0.05, 0) is 75.9 Å². The molecule has 0 spiro atoms. The van der Waals surface area contributed by atoms with Crippen LogP contribution in [0, 0.1) is 6.92 Å². The molecule has 0 aliphatic carbocycles. The van der Waals surface area contributed by atoms with E-state index >= 15 is 0 Å². The van der Waals surface area contributed by atoms with Crippen molar-refractivity contribution in [3.8, 4) is 5.75 Å². The molecule has 0 aromatic heterocycles. The molecular formula is C21H23Br2N3O3S. The molecule has 0 radical (unpaired) electrons. The Kier molecular flexibility index (Phi) is 8.40. The largest absolute Gasteiger partial charge is 0.483 e. The number of carbonyl (C=O) groups excluding carboxylic acids is 2. The summed E-state index contributed by atoms with van der Waals surface area (Å²) in [6.07, 6.45) is 0. The molecule has 2 aromatic rings. The Bertz CT molecular complexity index is 974. The van der Waals surface area contributed by atoms with Crippen molar-refractivity contribution >= 4 is 61.0 Å². The Morgan fingerprint density at radius 2 is 1.73 bits per heavy atom. The highest BCUT2D eigenvalue weighted by molar-refractivity contribution is 9.10. The molecule has 30 heavy (non-hydrogen) atoms. The van der Waals surface area contributed by atoms with Gasteiger partial charge in [-0.15, -0.1) is 0 Å². The van der Waals surface area contributed by atoms with Gasteiger partial charge in [0.25, 0.3) is 11.8 Å². The fourth-order valence-corrected chi connectivity index (χ4v) is 3.35. The fraction of sp³-hybridized carbons (Fsp3) is 0.286. The Morgan fingerprint density at radius 1 is 1.03 bits per heavy atom. The van der Waals surface area contributed by atoms with Crippen LogP contribution in [-0.2, 0) is 10.2 Å². The van der Waals surface area contributed by atoms with Crippen LogP contribution in [0.3, 0.4) is 0 Å². The van der Waals surface area contributed by atoms with Crippen molar-refractivity contribution in [1.29, 1.82) is 0 Å². The van der Waals surface area contributed by atoms with Gasteiger partial charge < -0.3 is 4.74 Å². The number of ether oxygens (including phenoxy) is 1. The molecule has 160 valence electrons. The maximum Gasteiger partial charge on any atom is 0.276 e. The Morgan fingerprint density at radius 3 is 2.33 bits per heavy atom. The normalized spacial score (nSPS) is 10.9. The number of halogens is 2. The number of hydrogen-bond donors (Lipinski definition) is 3. The van der Waals surface area contributed by atoms with Crippen LogP contribution in [0.2, 0.25) is 0 Å². The first-order valence-electron chi connectivity index (χ1n) is 9.06. The first-order chi connectivity index (χ1) is 14.0. The SMILES string of the molecule is Cc1ccc(C(=O)NC(=S)NNC(=O)COc2ccc(C(C)(C)C)cc2Br)cc1Br.